The Balaban J connectivity index is 2.59. The maximum absolute atomic E-state index is 11.7. The molecule has 0 spiro atoms. The third-order valence-corrected chi connectivity index (χ3v) is 2.37. The highest BCUT2D eigenvalue weighted by Crippen LogP contribution is 2.18. The first-order chi connectivity index (χ1) is 9.02. The van der Waals surface area contributed by atoms with Crippen LogP contribution in [0.1, 0.15) is 13.8 Å². The lowest BCUT2D eigenvalue weighted by atomic mass is 10.2. The van der Waals surface area contributed by atoms with Gasteiger partial charge in [0.1, 0.15) is 11.8 Å². The van der Waals surface area contributed by atoms with Gasteiger partial charge in [-0.15, -0.1) is 0 Å². The van der Waals surface area contributed by atoms with Crippen molar-refractivity contribution in [3.05, 3.63) is 24.3 Å². The van der Waals surface area contributed by atoms with Crippen LogP contribution in [0, 0.1) is 5.92 Å². The Labute approximate surface area is 114 Å². The maximum atomic E-state index is 11.7. The molecule has 5 nitrogen and oxygen atoms in total. The summed E-state index contributed by atoms with van der Waals surface area (Å²) in [4.78, 5) is 11.7. The fourth-order valence-corrected chi connectivity index (χ4v) is 1.42. The van der Waals surface area contributed by atoms with Crippen LogP contribution in [0.2, 0.25) is 0 Å². The highest BCUT2D eigenvalue weighted by atomic mass is 16.5. The number of amides is 1. The van der Waals surface area contributed by atoms with Crippen LogP contribution in [-0.4, -0.2) is 32.3 Å². The van der Waals surface area contributed by atoms with Crippen molar-refractivity contribution in [1.82, 2.24) is 0 Å². The van der Waals surface area contributed by atoms with Crippen LogP contribution in [0.25, 0.3) is 0 Å². The summed E-state index contributed by atoms with van der Waals surface area (Å²) in [6.07, 6.45) is 0. The molecule has 1 aromatic rings. The van der Waals surface area contributed by atoms with E-state index in [2.05, 4.69) is 19.2 Å². The van der Waals surface area contributed by atoms with E-state index in [4.69, 9.17) is 15.2 Å². The number of carbonyl (C=O) groups excluding carboxylic acids is 1. The lowest BCUT2D eigenvalue weighted by molar-refractivity contribution is -0.118. The molecule has 0 saturated heterocycles. The van der Waals surface area contributed by atoms with Crippen molar-refractivity contribution < 1.29 is 14.3 Å². The Morgan fingerprint density at radius 1 is 1.37 bits per heavy atom. The molecule has 3 N–H and O–H groups in total. The van der Waals surface area contributed by atoms with Crippen LogP contribution < -0.4 is 15.8 Å². The van der Waals surface area contributed by atoms with E-state index in [1.807, 2.05) is 12.1 Å². The van der Waals surface area contributed by atoms with Gasteiger partial charge in [0, 0.05) is 18.9 Å². The van der Waals surface area contributed by atoms with E-state index < -0.39 is 6.04 Å². The maximum Gasteiger partial charge on any atom is 0.243 e. The zero-order chi connectivity index (χ0) is 14.3. The van der Waals surface area contributed by atoms with Gasteiger partial charge >= 0.3 is 0 Å². The number of carbonyl (C=O) groups is 1. The molecule has 0 saturated carbocycles. The van der Waals surface area contributed by atoms with Crippen LogP contribution >= 0.6 is 0 Å². The van der Waals surface area contributed by atoms with Crippen molar-refractivity contribution in [2.24, 2.45) is 11.7 Å². The van der Waals surface area contributed by atoms with E-state index in [1.54, 1.807) is 12.1 Å². The molecule has 0 heterocycles. The third-order valence-electron chi connectivity index (χ3n) is 2.37. The van der Waals surface area contributed by atoms with Crippen LogP contribution in [0.3, 0.4) is 0 Å². The SMILES string of the molecule is COCC(N)C(=O)Nc1cccc(OCC(C)C)c1. The molecule has 0 aliphatic carbocycles. The third kappa shape index (κ3) is 5.72. The lowest BCUT2D eigenvalue weighted by Crippen LogP contribution is -2.39. The van der Waals surface area contributed by atoms with Crippen molar-refractivity contribution in [1.29, 1.82) is 0 Å². The Hall–Kier alpha value is -1.59. The lowest BCUT2D eigenvalue weighted by Gasteiger charge is -2.13. The average molecular weight is 266 g/mol. The van der Waals surface area contributed by atoms with Gasteiger partial charge in [-0.05, 0) is 18.1 Å². The van der Waals surface area contributed by atoms with Gasteiger partial charge in [0.05, 0.1) is 13.2 Å². The molecule has 0 aromatic heterocycles. The molecule has 0 radical (unpaired) electrons. The Morgan fingerprint density at radius 2 is 2.11 bits per heavy atom. The van der Waals surface area contributed by atoms with Crippen molar-refractivity contribution in [2.45, 2.75) is 19.9 Å². The van der Waals surface area contributed by atoms with Crippen molar-refractivity contribution in [2.75, 3.05) is 25.6 Å². The van der Waals surface area contributed by atoms with Gasteiger partial charge in [0.25, 0.3) is 0 Å². The van der Waals surface area contributed by atoms with E-state index in [-0.39, 0.29) is 12.5 Å². The minimum atomic E-state index is -0.676. The summed E-state index contributed by atoms with van der Waals surface area (Å²) in [5.41, 5.74) is 6.31. The molecule has 1 unspecified atom stereocenters. The highest BCUT2D eigenvalue weighted by Gasteiger charge is 2.13. The number of anilines is 1. The van der Waals surface area contributed by atoms with Crippen molar-refractivity contribution in [3.63, 3.8) is 0 Å². The van der Waals surface area contributed by atoms with Crippen LogP contribution in [-0.2, 0) is 9.53 Å². The summed E-state index contributed by atoms with van der Waals surface area (Å²) in [5, 5.41) is 2.73. The fraction of sp³-hybridized carbons (Fsp3) is 0.500. The summed E-state index contributed by atoms with van der Waals surface area (Å²) in [7, 11) is 1.51. The van der Waals surface area contributed by atoms with E-state index in [9.17, 15) is 4.79 Å². The van der Waals surface area contributed by atoms with Gasteiger partial charge in [-0.3, -0.25) is 4.79 Å². The van der Waals surface area contributed by atoms with E-state index >= 15 is 0 Å². The topological polar surface area (TPSA) is 73.6 Å². The molecule has 19 heavy (non-hydrogen) atoms. The molecular formula is C14H22N2O3. The fourth-order valence-electron chi connectivity index (χ4n) is 1.42. The zero-order valence-corrected chi connectivity index (χ0v) is 11.7. The predicted octanol–water partition coefficient (Wildman–Crippen LogP) is 1.63. The minimum absolute atomic E-state index is 0.190. The Bertz CT molecular complexity index is 407. The second-order valence-electron chi connectivity index (χ2n) is 4.78. The number of nitrogens with one attached hydrogen (secondary N) is 1. The molecule has 106 valence electrons. The molecule has 0 bridgehead atoms. The molecule has 1 aromatic carbocycles. The van der Waals surface area contributed by atoms with Gasteiger partial charge < -0.3 is 20.5 Å². The smallest absolute Gasteiger partial charge is 0.243 e. The van der Waals surface area contributed by atoms with Crippen molar-refractivity contribution >= 4 is 11.6 Å². The van der Waals surface area contributed by atoms with Crippen LogP contribution in [0.15, 0.2) is 24.3 Å². The largest absolute Gasteiger partial charge is 0.493 e. The first-order valence-corrected chi connectivity index (χ1v) is 6.31. The van der Waals surface area contributed by atoms with Gasteiger partial charge in [-0.2, -0.15) is 0 Å². The zero-order valence-electron chi connectivity index (χ0n) is 11.7. The molecule has 5 heteroatoms. The molecule has 0 aliphatic heterocycles. The van der Waals surface area contributed by atoms with Crippen LogP contribution in [0.5, 0.6) is 5.75 Å². The number of nitrogens with two attached hydrogens (primary N) is 1. The van der Waals surface area contributed by atoms with Crippen molar-refractivity contribution in [3.8, 4) is 5.75 Å². The normalized spacial score (nSPS) is 12.3. The van der Waals surface area contributed by atoms with Gasteiger partial charge in [-0.1, -0.05) is 19.9 Å². The predicted molar refractivity (Wildman–Crippen MR) is 75.3 cm³/mol. The quantitative estimate of drug-likeness (QED) is 0.786. The molecule has 0 aliphatic rings. The summed E-state index contributed by atoms with van der Waals surface area (Å²) in [5.74, 6) is 0.906. The monoisotopic (exact) mass is 266 g/mol. The average Bonchev–Trinajstić information content (AvgIpc) is 2.37. The second-order valence-corrected chi connectivity index (χ2v) is 4.78. The van der Waals surface area contributed by atoms with Gasteiger partial charge in [-0.25, -0.2) is 0 Å². The summed E-state index contributed by atoms with van der Waals surface area (Å²) >= 11 is 0. The highest BCUT2D eigenvalue weighted by molar-refractivity contribution is 5.94. The molecule has 1 rings (SSSR count). The molecule has 1 amide bonds. The molecule has 0 fully saturated rings. The minimum Gasteiger partial charge on any atom is -0.493 e. The number of methoxy groups -OCH3 is 1. The number of benzene rings is 1. The standard InChI is InChI=1S/C14H22N2O3/c1-10(2)8-19-12-6-4-5-11(7-12)16-14(17)13(15)9-18-3/h4-7,10,13H,8-9,15H2,1-3H3,(H,16,17). The summed E-state index contributed by atoms with van der Waals surface area (Å²) < 4.78 is 10.4. The summed E-state index contributed by atoms with van der Waals surface area (Å²) in [6, 6.07) is 6.57. The van der Waals surface area contributed by atoms with Gasteiger partial charge in [0.2, 0.25) is 5.91 Å². The Kier molecular flexibility index (Phi) is 6.32. The molecular weight excluding hydrogens is 244 g/mol. The first-order valence-electron chi connectivity index (χ1n) is 6.31. The number of rotatable bonds is 7. The second kappa shape index (κ2) is 7.76. The summed E-state index contributed by atoms with van der Waals surface area (Å²) in [6.45, 7) is 4.99. The number of ether oxygens (including phenoxy) is 2. The van der Waals surface area contributed by atoms with Crippen LogP contribution in [0.4, 0.5) is 5.69 Å². The van der Waals surface area contributed by atoms with E-state index in [1.165, 1.54) is 7.11 Å². The Morgan fingerprint density at radius 3 is 2.74 bits per heavy atom. The number of hydrogen-bond acceptors (Lipinski definition) is 4. The van der Waals surface area contributed by atoms with Gasteiger partial charge in [0.15, 0.2) is 0 Å². The van der Waals surface area contributed by atoms with E-state index in [0.717, 1.165) is 5.75 Å². The molecule has 1 atom stereocenters. The first kappa shape index (κ1) is 15.5. The van der Waals surface area contributed by atoms with E-state index in [0.29, 0.717) is 18.2 Å². The number of hydrogen-bond donors (Lipinski definition) is 2.